The van der Waals surface area contributed by atoms with Crippen molar-refractivity contribution in [3.8, 4) is 22.6 Å². The molecule has 0 saturated carbocycles. The number of hydrogen-bond acceptors (Lipinski definition) is 4. The summed E-state index contributed by atoms with van der Waals surface area (Å²) in [5.41, 5.74) is 3.43. The molecule has 4 aromatic rings. The molecule has 0 saturated heterocycles. The van der Waals surface area contributed by atoms with Crippen molar-refractivity contribution in [1.29, 1.82) is 0 Å². The maximum atomic E-state index is 12.7. The van der Waals surface area contributed by atoms with Crippen molar-refractivity contribution in [2.24, 2.45) is 0 Å². The molecule has 0 atom stereocenters. The highest BCUT2D eigenvalue weighted by atomic mass is 79.9. The van der Waals surface area contributed by atoms with Gasteiger partial charge in [0, 0.05) is 15.9 Å². The Morgan fingerprint density at radius 3 is 2.31 bits per heavy atom. The highest BCUT2D eigenvalue weighted by Gasteiger charge is 2.14. The number of hydrogen-bond donors (Lipinski definition) is 0. The summed E-state index contributed by atoms with van der Waals surface area (Å²) in [6.07, 6.45) is 0. The molecule has 4 rings (SSSR count). The number of aryl methyl sites for hydroxylation is 1. The van der Waals surface area contributed by atoms with Gasteiger partial charge in [0.05, 0.1) is 12.7 Å². The molecule has 0 radical (unpaired) electrons. The van der Waals surface area contributed by atoms with Crippen LogP contribution in [0.3, 0.4) is 0 Å². The van der Waals surface area contributed by atoms with E-state index >= 15 is 0 Å². The molecule has 0 spiro atoms. The molecule has 1 heterocycles. The minimum Gasteiger partial charge on any atom is -0.497 e. The standard InChI is InChI=1S/C24H19BrO4/c1-15-21-12-11-20(28-14-16-3-7-18(25)8-4-16)13-22(21)29-24(26)23(15)17-5-9-19(27-2)10-6-17/h3-13H,14H2,1-2H3. The number of rotatable bonds is 5. The third-order valence-corrected chi connectivity index (χ3v) is 5.36. The molecule has 0 N–H and O–H groups in total. The van der Waals surface area contributed by atoms with Gasteiger partial charge in [-0.1, -0.05) is 40.2 Å². The predicted octanol–water partition coefficient (Wildman–Crippen LogP) is 6.12. The van der Waals surface area contributed by atoms with Gasteiger partial charge in [-0.05, 0) is 60.0 Å². The van der Waals surface area contributed by atoms with E-state index in [1.807, 2.05) is 67.6 Å². The van der Waals surface area contributed by atoms with Crippen LogP contribution >= 0.6 is 15.9 Å². The third kappa shape index (κ3) is 4.05. The first-order valence-corrected chi connectivity index (χ1v) is 9.93. The number of ether oxygens (including phenoxy) is 2. The van der Waals surface area contributed by atoms with Crippen LogP contribution in [0.15, 0.2) is 80.4 Å². The summed E-state index contributed by atoms with van der Waals surface area (Å²) in [6, 6.07) is 20.9. The molecule has 0 aliphatic carbocycles. The van der Waals surface area contributed by atoms with Crippen molar-refractivity contribution in [2.75, 3.05) is 7.11 Å². The maximum absolute atomic E-state index is 12.7. The molecule has 3 aromatic carbocycles. The fourth-order valence-corrected chi connectivity index (χ4v) is 3.53. The molecule has 29 heavy (non-hydrogen) atoms. The van der Waals surface area contributed by atoms with Crippen LogP contribution in [0.5, 0.6) is 11.5 Å². The van der Waals surface area contributed by atoms with Crippen molar-refractivity contribution < 1.29 is 13.9 Å². The topological polar surface area (TPSA) is 48.7 Å². The molecule has 0 fully saturated rings. The highest BCUT2D eigenvalue weighted by molar-refractivity contribution is 9.10. The molecule has 146 valence electrons. The van der Waals surface area contributed by atoms with E-state index in [2.05, 4.69) is 15.9 Å². The Balaban J connectivity index is 1.65. The van der Waals surface area contributed by atoms with Gasteiger partial charge >= 0.3 is 5.63 Å². The zero-order valence-corrected chi connectivity index (χ0v) is 17.7. The molecule has 5 heteroatoms. The van der Waals surface area contributed by atoms with E-state index in [0.717, 1.165) is 32.3 Å². The molecule has 0 amide bonds. The SMILES string of the molecule is COc1ccc(-c2c(C)c3ccc(OCc4ccc(Br)cc4)cc3oc2=O)cc1. The smallest absolute Gasteiger partial charge is 0.344 e. The monoisotopic (exact) mass is 450 g/mol. The fraction of sp³-hybridized carbons (Fsp3) is 0.125. The number of benzene rings is 3. The van der Waals surface area contributed by atoms with Gasteiger partial charge in [-0.15, -0.1) is 0 Å². The zero-order chi connectivity index (χ0) is 20.4. The van der Waals surface area contributed by atoms with Gasteiger partial charge in [0.1, 0.15) is 23.7 Å². The molecule has 0 bridgehead atoms. The summed E-state index contributed by atoms with van der Waals surface area (Å²) in [5, 5.41) is 0.881. The van der Waals surface area contributed by atoms with Crippen LogP contribution in [-0.4, -0.2) is 7.11 Å². The van der Waals surface area contributed by atoms with Crippen molar-refractivity contribution in [3.05, 3.63) is 92.7 Å². The lowest BCUT2D eigenvalue weighted by molar-refractivity contribution is 0.306. The van der Waals surface area contributed by atoms with Gasteiger partial charge in [0.15, 0.2) is 0 Å². The fourth-order valence-electron chi connectivity index (χ4n) is 3.26. The van der Waals surface area contributed by atoms with E-state index in [1.54, 1.807) is 13.2 Å². The number of halogens is 1. The Morgan fingerprint density at radius 2 is 1.62 bits per heavy atom. The van der Waals surface area contributed by atoms with E-state index in [1.165, 1.54) is 0 Å². The van der Waals surface area contributed by atoms with E-state index in [4.69, 9.17) is 13.9 Å². The molecule has 4 nitrogen and oxygen atoms in total. The van der Waals surface area contributed by atoms with E-state index in [0.29, 0.717) is 23.5 Å². The minimum atomic E-state index is -0.370. The van der Waals surface area contributed by atoms with Crippen LogP contribution < -0.4 is 15.1 Å². The van der Waals surface area contributed by atoms with Crippen LogP contribution in [0.2, 0.25) is 0 Å². The summed E-state index contributed by atoms with van der Waals surface area (Å²) in [5.74, 6) is 1.39. The van der Waals surface area contributed by atoms with Crippen molar-refractivity contribution in [3.63, 3.8) is 0 Å². The second kappa shape index (κ2) is 8.13. The largest absolute Gasteiger partial charge is 0.497 e. The molecular weight excluding hydrogens is 432 g/mol. The Bertz CT molecular complexity index is 1210. The summed E-state index contributed by atoms with van der Waals surface area (Å²) >= 11 is 3.42. The molecule has 0 unspecified atom stereocenters. The lowest BCUT2D eigenvalue weighted by Gasteiger charge is -2.11. The van der Waals surface area contributed by atoms with E-state index in [-0.39, 0.29) is 5.63 Å². The normalized spacial score (nSPS) is 10.9. The van der Waals surface area contributed by atoms with Crippen molar-refractivity contribution in [2.45, 2.75) is 13.5 Å². The van der Waals surface area contributed by atoms with Crippen LogP contribution in [0.4, 0.5) is 0 Å². The van der Waals surface area contributed by atoms with Gasteiger partial charge in [-0.2, -0.15) is 0 Å². The lowest BCUT2D eigenvalue weighted by atomic mass is 9.99. The molecule has 0 aliphatic heterocycles. The second-order valence-electron chi connectivity index (χ2n) is 6.69. The first kappa shape index (κ1) is 19.3. The van der Waals surface area contributed by atoms with Crippen LogP contribution in [0.25, 0.3) is 22.1 Å². The average molecular weight is 451 g/mol. The highest BCUT2D eigenvalue weighted by Crippen LogP contribution is 2.30. The van der Waals surface area contributed by atoms with Crippen molar-refractivity contribution in [1.82, 2.24) is 0 Å². The average Bonchev–Trinajstić information content (AvgIpc) is 2.73. The Hall–Kier alpha value is -3.05. The predicted molar refractivity (Wildman–Crippen MR) is 118 cm³/mol. The van der Waals surface area contributed by atoms with Gasteiger partial charge in [-0.25, -0.2) is 4.79 Å². The zero-order valence-electron chi connectivity index (χ0n) is 16.1. The lowest BCUT2D eigenvalue weighted by Crippen LogP contribution is -2.06. The third-order valence-electron chi connectivity index (χ3n) is 4.84. The summed E-state index contributed by atoms with van der Waals surface area (Å²) in [4.78, 5) is 12.7. The second-order valence-corrected chi connectivity index (χ2v) is 7.61. The van der Waals surface area contributed by atoms with Gasteiger partial charge in [-0.3, -0.25) is 0 Å². The summed E-state index contributed by atoms with van der Waals surface area (Å²) < 4.78 is 17.7. The Morgan fingerprint density at radius 1 is 0.931 bits per heavy atom. The van der Waals surface area contributed by atoms with Crippen molar-refractivity contribution >= 4 is 26.9 Å². The van der Waals surface area contributed by atoms with Gasteiger partial charge in [0.2, 0.25) is 0 Å². The number of methoxy groups -OCH3 is 1. The minimum absolute atomic E-state index is 0.370. The van der Waals surface area contributed by atoms with Crippen LogP contribution in [0, 0.1) is 6.92 Å². The Kier molecular flexibility index (Phi) is 5.41. The number of fused-ring (bicyclic) bond motifs is 1. The van der Waals surface area contributed by atoms with E-state index < -0.39 is 0 Å². The first-order chi connectivity index (χ1) is 14.0. The Labute approximate surface area is 176 Å². The quantitative estimate of drug-likeness (QED) is 0.343. The van der Waals surface area contributed by atoms with Crippen LogP contribution in [-0.2, 0) is 6.61 Å². The summed E-state index contributed by atoms with van der Waals surface area (Å²) in [7, 11) is 1.61. The summed E-state index contributed by atoms with van der Waals surface area (Å²) in [6.45, 7) is 2.37. The molecular formula is C24H19BrO4. The maximum Gasteiger partial charge on any atom is 0.344 e. The van der Waals surface area contributed by atoms with E-state index in [9.17, 15) is 4.79 Å². The van der Waals surface area contributed by atoms with Gasteiger partial charge in [0.25, 0.3) is 0 Å². The first-order valence-electron chi connectivity index (χ1n) is 9.14. The molecule has 0 aliphatic rings. The van der Waals surface area contributed by atoms with Gasteiger partial charge < -0.3 is 13.9 Å². The molecule has 1 aromatic heterocycles. The van der Waals surface area contributed by atoms with Crippen LogP contribution in [0.1, 0.15) is 11.1 Å².